The molecule has 1 nitrogen and oxygen atoms in total. The van der Waals surface area contributed by atoms with Gasteiger partial charge in [-0.1, -0.05) is 0 Å². The Hall–Kier alpha value is 0.175. The van der Waals surface area contributed by atoms with E-state index >= 15 is 0 Å². The Balaban J connectivity index is 3.02. The number of halogens is 1. The van der Waals surface area contributed by atoms with Crippen LogP contribution in [0, 0.1) is 0 Å². The summed E-state index contributed by atoms with van der Waals surface area (Å²) in [6.45, 7) is 11.0. The van der Waals surface area contributed by atoms with Crippen molar-refractivity contribution < 1.29 is 26.9 Å². The molecule has 1 aromatic carbocycles. The molecule has 0 heterocycles. The molecular formula is C13H17BrHgO. The van der Waals surface area contributed by atoms with Gasteiger partial charge in [-0.05, 0) is 0 Å². The topological polar surface area (TPSA) is 9.23 Å². The zero-order chi connectivity index (χ0) is 12.2. The minimum absolute atomic E-state index is 0.210. The van der Waals surface area contributed by atoms with Gasteiger partial charge in [-0.3, -0.25) is 0 Å². The summed E-state index contributed by atoms with van der Waals surface area (Å²) >= 11 is 2.61. The van der Waals surface area contributed by atoms with Gasteiger partial charge in [-0.15, -0.1) is 0 Å². The molecule has 1 rings (SSSR count). The van der Waals surface area contributed by atoms with E-state index in [1.54, 1.807) is 6.08 Å². The molecule has 1 aromatic rings. The predicted octanol–water partition coefficient (Wildman–Crippen LogP) is 3.57. The van der Waals surface area contributed by atoms with Gasteiger partial charge in [-0.25, -0.2) is 0 Å². The van der Waals surface area contributed by atoms with Crippen molar-refractivity contribution in [2.75, 3.05) is 6.61 Å². The Morgan fingerprint density at radius 2 is 2.12 bits per heavy atom. The number of rotatable bonds is 4. The average molecular weight is 470 g/mol. The SMILES string of the molecule is C=CCOc1ccc(C(C)(C)C)c[c]1[Hg][Br]. The Labute approximate surface area is 116 Å². The van der Waals surface area contributed by atoms with Gasteiger partial charge in [0.15, 0.2) is 0 Å². The molecule has 84 valence electrons. The molecule has 0 aliphatic rings. The molecule has 0 saturated heterocycles. The van der Waals surface area contributed by atoms with Crippen molar-refractivity contribution >= 4 is 15.0 Å². The van der Waals surface area contributed by atoms with Crippen molar-refractivity contribution in [2.45, 2.75) is 26.2 Å². The summed E-state index contributed by atoms with van der Waals surface area (Å²) in [6.07, 6.45) is 1.78. The van der Waals surface area contributed by atoms with Crippen molar-refractivity contribution in [3.8, 4) is 5.75 Å². The van der Waals surface area contributed by atoms with Crippen molar-refractivity contribution in [2.24, 2.45) is 0 Å². The van der Waals surface area contributed by atoms with Crippen molar-refractivity contribution in [1.82, 2.24) is 0 Å². The molecular weight excluding hydrogens is 453 g/mol. The van der Waals surface area contributed by atoms with Crippen LogP contribution in [0.4, 0.5) is 0 Å². The molecule has 16 heavy (non-hydrogen) atoms. The number of benzene rings is 1. The van der Waals surface area contributed by atoms with Crippen LogP contribution in [-0.2, 0) is 27.6 Å². The second-order valence-corrected chi connectivity index (χ2v) is 13.7. The molecule has 0 bridgehead atoms. The average Bonchev–Trinajstić information content (AvgIpc) is 2.24. The maximum atomic E-state index is 5.65. The van der Waals surface area contributed by atoms with Crippen LogP contribution in [0.15, 0.2) is 30.9 Å². The van der Waals surface area contributed by atoms with E-state index in [0.717, 1.165) is 5.75 Å². The van der Waals surface area contributed by atoms with Gasteiger partial charge in [-0.2, -0.15) is 0 Å². The first-order valence-corrected chi connectivity index (χ1v) is 20.1. The van der Waals surface area contributed by atoms with Crippen LogP contribution >= 0.6 is 11.9 Å². The van der Waals surface area contributed by atoms with Gasteiger partial charge in [0.25, 0.3) is 0 Å². The standard InChI is InChI=1S/C13H17O.BrH.Hg/c1-5-10-14-12-8-6-11(7-9-12)13(2,3)4;;/h5-8H,1,10H2,2-4H3;1H;/q;;+1/p-1. The van der Waals surface area contributed by atoms with Gasteiger partial charge in [0.05, 0.1) is 0 Å². The van der Waals surface area contributed by atoms with Crippen LogP contribution in [-0.4, -0.2) is 6.61 Å². The summed E-state index contributed by atoms with van der Waals surface area (Å²) in [5, 5.41) is 0. The molecule has 0 aliphatic carbocycles. The summed E-state index contributed by atoms with van der Waals surface area (Å²) in [5.41, 5.74) is 1.59. The van der Waals surface area contributed by atoms with Gasteiger partial charge in [0.1, 0.15) is 0 Å². The third-order valence-electron chi connectivity index (χ3n) is 2.43. The molecule has 0 atom stereocenters. The second-order valence-electron chi connectivity index (χ2n) is 4.81. The van der Waals surface area contributed by atoms with E-state index in [1.165, 1.54) is 8.64 Å². The molecule has 0 fully saturated rings. The molecule has 3 heteroatoms. The van der Waals surface area contributed by atoms with Crippen molar-refractivity contribution in [3.05, 3.63) is 36.4 Å². The molecule has 0 aliphatic heterocycles. The van der Waals surface area contributed by atoms with Crippen LogP contribution in [0.3, 0.4) is 0 Å². The Morgan fingerprint density at radius 1 is 1.44 bits per heavy atom. The van der Waals surface area contributed by atoms with Crippen LogP contribution in [0.1, 0.15) is 26.3 Å². The second kappa shape index (κ2) is 6.20. The van der Waals surface area contributed by atoms with Crippen LogP contribution in [0.25, 0.3) is 0 Å². The minimum atomic E-state index is -1.11. The van der Waals surface area contributed by atoms with Crippen LogP contribution < -0.4 is 7.81 Å². The summed E-state index contributed by atoms with van der Waals surface area (Å²) < 4.78 is 7.06. The van der Waals surface area contributed by atoms with E-state index in [0.29, 0.717) is 6.61 Å². The fourth-order valence-electron chi connectivity index (χ4n) is 1.44. The normalized spacial score (nSPS) is 10.8. The molecule has 0 saturated carbocycles. The monoisotopic (exact) mass is 470 g/mol. The quantitative estimate of drug-likeness (QED) is 0.484. The Kier molecular flexibility index (Phi) is 5.52. The van der Waals surface area contributed by atoms with Gasteiger partial charge in [0.2, 0.25) is 0 Å². The molecule has 0 aromatic heterocycles. The Bertz CT molecular complexity index is 369. The molecule has 0 amide bonds. The Morgan fingerprint density at radius 3 is 2.62 bits per heavy atom. The molecule has 0 unspecified atom stereocenters. The number of hydrogen-bond acceptors (Lipinski definition) is 1. The van der Waals surface area contributed by atoms with Crippen molar-refractivity contribution in [1.29, 1.82) is 0 Å². The first kappa shape index (κ1) is 14.2. The zero-order valence-corrected chi connectivity index (χ0v) is 17.3. The third kappa shape index (κ3) is 3.88. The summed E-state index contributed by atoms with van der Waals surface area (Å²) in [4.78, 5) is 0. The fourth-order valence-corrected chi connectivity index (χ4v) is 7.81. The first-order chi connectivity index (χ1) is 7.49. The zero-order valence-electron chi connectivity index (χ0n) is 10.2. The fraction of sp³-hybridized carbons (Fsp3) is 0.385. The van der Waals surface area contributed by atoms with Gasteiger partial charge < -0.3 is 0 Å². The number of ether oxygens (including phenoxy) is 1. The van der Waals surface area contributed by atoms with Crippen molar-refractivity contribution in [3.63, 3.8) is 0 Å². The summed E-state index contributed by atoms with van der Waals surface area (Å²) in [6, 6.07) is 6.56. The van der Waals surface area contributed by atoms with Gasteiger partial charge in [0, 0.05) is 0 Å². The van der Waals surface area contributed by atoms with Gasteiger partial charge >= 0.3 is 117 Å². The van der Waals surface area contributed by atoms with E-state index in [2.05, 4.69) is 57.5 Å². The predicted molar refractivity (Wildman–Crippen MR) is 69.4 cm³/mol. The molecule has 0 N–H and O–H groups in total. The van der Waals surface area contributed by atoms with E-state index in [-0.39, 0.29) is 5.41 Å². The maximum absolute atomic E-state index is 5.65. The van der Waals surface area contributed by atoms with Crippen LogP contribution in [0.5, 0.6) is 5.75 Å². The van der Waals surface area contributed by atoms with E-state index < -0.39 is 22.1 Å². The van der Waals surface area contributed by atoms with E-state index in [1.807, 2.05) is 0 Å². The summed E-state index contributed by atoms with van der Waals surface area (Å²) in [5.74, 6) is 1.03. The van der Waals surface area contributed by atoms with E-state index in [9.17, 15) is 0 Å². The summed E-state index contributed by atoms with van der Waals surface area (Å²) in [7, 11) is 0. The first-order valence-electron chi connectivity index (χ1n) is 5.42. The van der Waals surface area contributed by atoms with E-state index in [4.69, 9.17) is 4.74 Å². The molecule has 0 spiro atoms. The number of hydrogen-bond donors (Lipinski definition) is 0. The third-order valence-corrected chi connectivity index (χ3v) is 11.0. The molecule has 0 radical (unpaired) electrons. The van der Waals surface area contributed by atoms with Crippen LogP contribution in [0.2, 0.25) is 0 Å².